The number of benzene rings is 1. The van der Waals surface area contributed by atoms with Crippen molar-refractivity contribution in [3.05, 3.63) is 24.3 Å². The third-order valence-electron chi connectivity index (χ3n) is 4.34. The van der Waals surface area contributed by atoms with Crippen LogP contribution in [0, 0.1) is 0 Å². The third kappa shape index (κ3) is 3.95. The van der Waals surface area contributed by atoms with Crippen LogP contribution in [0.2, 0.25) is 0 Å². The summed E-state index contributed by atoms with van der Waals surface area (Å²) < 4.78 is 47.9. The van der Waals surface area contributed by atoms with Crippen molar-refractivity contribution in [2.75, 3.05) is 40.0 Å². The minimum absolute atomic E-state index is 0.183. The van der Waals surface area contributed by atoms with Crippen LogP contribution in [0.1, 0.15) is 12.8 Å². The van der Waals surface area contributed by atoms with Crippen LogP contribution in [0.15, 0.2) is 29.2 Å². The molecule has 2 fully saturated rings. The van der Waals surface area contributed by atoms with Gasteiger partial charge in [0, 0.05) is 25.9 Å². The first-order valence-electron chi connectivity index (χ1n) is 8.03. The van der Waals surface area contributed by atoms with E-state index in [2.05, 4.69) is 4.74 Å². The summed E-state index contributed by atoms with van der Waals surface area (Å²) in [6, 6.07) is 5.97. The Labute approximate surface area is 146 Å². The van der Waals surface area contributed by atoms with E-state index in [1.165, 1.54) is 35.7 Å². The van der Waals surface area contributed by atoms with Crippen LogP contribution >= 0.6 is 0 Å². The van der Waals surface area contributed by atoms with E-state index in [-0.39, 0.29) is 11.5 Å². The maximum atomic E-state index is 12.7. The first-order chi connectivity index (χ1) is 12.0. The second kappa shape index (κ2) is 7.28. The van der Waals surface area contributed by atoms with Gasteiger partial charge in [0.15, 0.2) is 12.4 Å². The van der Waals surface area contributed by atoms with Crippen molar-refractivity contribution >= 4 is 16.0 Å². The van der Waals surface area contributed by atoms with Crippen molar-refractivity contribution in [2.24, 2.45) is 0 Å². The van der Waals surface area contributed by atoms with Gasteiger partial charge in [0.25, 0.3) is 0 Å². The van der Waals surface area contributed by atoms with Gasteiger partial charge in [-0.25, -0.2) is 13.2 Å². The summed E-state index contributed by atoms with van der Waals surface area (Å²) in [5.41, 5.74) is 0. The highest BCUT2D eigenvalue weighted by Crippen LogP contribution is 2.33. The lowest BCUT2D eigenvalue weighted by Crippen LogP contribution is -2.47. The normalized spacial score (nSPS) is 20.5. The fourth-order valence-corrected chi connectivity index (χ4v) is 4.35. The highest BCUT2D eigenvalue weighted by Gasteiger charge is 2.42. The molecule has 0 N–H and O–H groups in total. The van der Waals surface area contributed by atoms with Crippen LogP contribution < -0.4 is 4.74 Å². The summed E-state index contributed by atoms with van der Waals surface area (Å²) >= 11 is 0. The molecule has 3 rings (SSSR count). The Morgan fingerprint density at radius 2 is 1.76 bits per heavy atom. The molecule has 8 nitrogen and oxygen atoms in total. The number of nitrogens with zero attached hydrogens (tertiary/aromatic N) is 1. The SMILES string of the molecule is COC(=O)COc1ccc(S(=O)(=O)N2CCC3(CC2)OCCO3)cc1. The number of hydrogen-bond acceptors (Lipinski definition) is 7. The van der Waals surface area contributed by atoms with Gasteiger partial charge in [-0.05, 0) is 24.3 Å². The number of carbonyl (C=O) groups is 1. The second-order valence-corrected chi connectivity index (χ2v) is 7.79. The number of sulfonamides is 1. The highest BCUT2D eigenvalue weighted by atomic mass is 32.2. The molecule has 2 heterocycles. The van der Waals surface area contributed by atoms with Crippen molar-refractivity contribution in [2.45, 2.75) is 23.5 Å². The Morgan fingerprint density at radius 3 is 2.32 bits per heavy atom. The molecule has 0 aliphatic carbocycles. The Balaban J connectivity index is 1.63. The minimum Gasteiger partial charge on any atom is -0.482 e. The second-order valence-electron chi connectivity index (χ2n) is 5.85. The first kappa shape index (κ1) is 18.1. The average Bonchev–Trinajstić information content (AvgIpc) is 3.08. The summed E-state index contributed by atoms with van der Waals surface area (Å²) in [5.74, 6) is -0.720. The summed E-state index contributed by atoms with van der Waals surface area (Å²) in [6.45, 7) is 1.59. The smallest absolute Gasteiger partial charge is 0.343 e. The Morgan fingerprint density at radius 1 is 1.16 bits per heavy atom. The van der Waals surface area contributed by atoms with Gasteiger partial charge in [0.1, 0.15) is 5.75 Å². The zero-order valence-corrected chi connectivity index (χ0v) is 14.8. The standard InChI is InChI=1S/C16H21NO7S/c1-21-15(18)12-22-13-2-4-14(5-3-13)25(19,20)17-8-6-16(7-9-17)23-10-11-24-16/h2-5H,6-12H2,1H3. The topological polar surface area (TPSA) is 91.4 Å². The molecular formula is C16H21NO7S. The van der Waals surface area contributed by atoms with Gasteiger partial charge in [-0.3, -0.25) is 0 Å². The van der Waals surface area contributed by atoms with Crippen molar-refractivity contribution in [3.63, 3.8) is 0 Å². The summed E-state index contributed by atoms with van der Waals surface area (Å²) in [5, 5.41) is 0. The van der Waals surface area contributed by atoms with E-state index in [9.17, 15) is 13.2 Å². The van der Waals surface area contributed by atoms with Crippen LogP contribution in [0.25, 0.3) is 0 Å². The molecular weight excluding hydrogens is 350 g/mol. The fraction of sp³-hybridized carbons (Fsp3) is 0.562. The lowest BCUT2D eigenvalue weighted by Gasteiger charge is -2.36. The lowest BCUT2D eigenvalue weighted by atomic mass is 10.1. The summed E-state index contributed by atoms with van der Waals surface area (Å²) in [4.78, 5) is 11.2. The highest BCUT2D eigenvalue weighted by molar-refractivity contribution is 7.89. The predicted octanol–water partition coefficient (Wildman–Crippen LogP) is 0.766. The van der Waals surface area contributed by atoms with Crippen LogP contribution in [-0.4, -0.2) is 64.5 Å². The van der Waals surface area contributed by atoms with E-state index >= 15 is 0 Å². The molecule has 1 aromatic carbocycles. The van der Waals surface area contributed by atoms with E-state index in [0.717, 1.165) is 0 Å². The molecule has 0 unspecified atom stereocenters. The van der Waals surface area contributed by atoms with Gasteiger partial charge in [-0.2, -0.15) is 4.31 Å². The van der Waals surface area contributed by atoms with Crippen LogP contribution in [-0.2, 0) is 29.0 Å². The molecule has 0 aromatic heterocycles. The van der Waals surface area contributed by atoms with Crippen LogP contribution in [0.4, 0.5) is 0 Å². The molecule has 0 bridgehead atoms. The quantitative estimate of drug-likeness (QED) is 0.706. The van der Waals surface area contributed by atoms with Gasteiger partial charge in [0.2, 0.25) is 10.0 Å². The lowest BCUT2D eigenvalue weighted by molar-refractivity contribution is -0.179. The van der Waals surface area contributed by atoms with E-state index in [0.29, 0.717) is 44.9 Å². The van der Waals surface area contributed by atoms with Crippen molar-refractivity contribution in [1.29, 1.82) is 0 Å². The molecule has 0 saturated carbocycles. The first-order valence-corrected chi connectivity index (χ1v) is 9.47. The van der Waals surface area contributed by atoms with Crippen LogP contribution in [0.5, 0.6) is 5.75 Å². The van der Waals surface area contributed by atoms with E-state index in [1.807, 2.05) is 0 Å². The van der Waals surface area contributed by atoms with Gasteiger partial charge in [-0.15, -0.1) is 0 Å². The molecule has 0 radical (unpaired) electrons. The zero-order chi connectivity index (χ0) is 17.9. The van der Waals surface area contributed by atoms with E-state index in [4.69, 9.17) is 14.2 Å². The van der Waals surface area contributed by atoms with Gasteiger partial charge in [0.05, 0.1) is 25.2 Å². The van der Waals surface area contributed by atoms with Gasteiger partial charge in [-0.1, -0.05) is 0 Å². The van der Waals surface area contributed by atoms with Crippen molar-refractivity contribution in [3.8, 4) is 5.75 Å². The molecule has 1 aromatic rings. The number of piperidine rings is 1. The molecule has 1 spiro atoms. The number of ether oxygens (including phenoxy) is 4. The Bertz CT molecular complexity index is 701. The molecule has 138 valence electrons. The molecule has 0 atom stereocenters. The molecule has 0 amide bonds. The number of hydrogen-bond donors (Lipinski definition) is 0. The number of methoxy groups -OCH3 is 1. The van der Waals surface area contributed by atoms with Crippen molar-refractivity contribution < 1.29 is 32.2 Å². The van der Waals surface area contributed by atoms with Gasteiger partial charge < -0.3 is 18.9 Å². The predicted molar refractivity (Wildman–Crippen MR) is 86.6 cm³/mol. The Kier molecular flexibility index (Phi) is 5.28. The van der Waals surface area contributed by atoms with Crippen LogP contribution in [0.3, 0.4) is 0 Å². The number of rotatable bonds is 5. The third-order valence-corrected chi connectivity index (χ3v) is 6.26. The summed E-state index contributed by atoms with van der Waals surface area (Å²) in [7, 11) is -2.32. The largest absolute Gasteiger partial charge is 0.482 e. The average molecular weight is 371 g/mol. The number of esters is 1. The monoisotopic (exact) mass is 371 g/mol. The summed E-state index contributed by atoms with van der Waals surface area (Å²) in [6.07, 6.45) is 1.04. The molecule has 2 saturated heterocycles. The number of carbonyl (C=O) groups excluding carboxylic acids is 1. The molecule has 2 aliphatic heterocycles. The Hall–Kier alpha value is -1.68. The van der Waals surface area contributed by atoms with Gasteiger partial charge >= 0.3 is 5.97 Å². The maximum absolute atomic E-state index is 12.7. The van der Waals surface area contributed by atoms with Crippen molar-refractivity contribution in [1.82, 2.24) is 4.31 Å². The minimum atomic E-state index is -3.59. The maximum Gasteiger partial charge on any atom is 0.343 e. The molecule has 2 aliphatic rings. The molecule has 9 heteroatoms. The zero-order valence-electron chi connectivity index (χ0n) is 14.0. The molecule has 25 heavy (non-hydrogen) atoms. The van der Waals surface area contributed by atoms with E-state index in [1.54, 1.807) is 0 Å². The fourth-order valence-electron chi connectivity index (χ4n) is 2.91. The van der Waals surface area contributed by atoms with E-state index < -0.39 is 21.8 Å².